The summed E-state index contributed by atoms with van der Waals surface area (Å²) in [6, 6.07) is 15.5. The van der Waals surface area contributed by atoms with Gasteiger partial charge in [0.25, 0.3) is 5.91 Å². The third-order valence-electron chi connectivity index (χ3n) is 9.27. The molecule has 0 radical (unpaired) electrons. The van der Waals surface area contributed by atoms with Crippen LogP contribution in [-0.4, -0.2) is 26.7 Å². The van der Waals surface area contributed by atoms with Crippen molar-refractivity contribution in [2.45, 2.75) is 116 Å². The molecule has 9 heteroatoms. The summed E-state index contributed by atoms with van der Waals surface area (Å²) in [7, 11) is -3.65. The van der Waals surface area contributed by atoms with Crippen molar-refractivity contribution in [3.8, 4) is 11.8 Å². The standard InChI is InChI=1S/C38H50N4O4S/c1-10-13-14-15-19-35(46-34-21-20-26(37(4,5)11-2)22-31(34)38(6,7)12-3)36(43)41-32-18-16-17-28-29(32)23-27(42-47(9,44)45)24-30(28)33(25-39)40-8/h16-18,20-24,33,35,42H,10-15,19H2,1-7,9H3,(H,41,43). The Labute approximate surface area is 281 Å². The number of fused-ring (bicyclic) bond motifs is 1. The summed E-state index contributed by atoms with van der Waals surface area (Å²) in [6.07, 6.45) is 6.57. The highest BCUT2D eigenvalue weighted by Crippen LogP contribution is 2.40. The molecule has 0 spiro atoms. The molecular formula is C38H50N4O4S. The fourth-order valence-corrected chi connectivity index (χ4v) is 6.08. The quantitative estimate of drug-likeness (QED) is 0.118. The van der Waals surface area contributed by atoms with Gasteiger partial charge in [-0.1, -0.05) is 92.0 Å². The van der Waals surface area contributed by atoms with E-state index in [1.807, 2.05) is 12.1 Å². The lowest BCUT2D eigenvalue weighted by atomic mass is 9.76. The van der Waals surface area contributed by atoms with E-state index in [4.69, 9.17) is 11.3 Å². The third-order valence-corrected chi connectivity index (χ3v) is 9.88. The molecular weight excluding hydrogens is 609 g/mol. The highest BCUT2D eigenvalue weighted by molar-refractivity contribution is 7.92. The van der Waals surface area contributed by atoms with Crippen molar-refractivity contribution in [2.24, 2.45) is 0 Å². The van der Waals surface area contributed by atoms with E-state index in [9.17, 15) is 18.5 Å². The minimum Gasteiger partial charge on any atom is -0.480 e. The highest BCUT2D eigenvalue weighted by Gasteiger charge is 2.30. The Balaban J connectivity index is 2.11. The summed E-state index contributed by atoms with van der Waals surface area (Å²) < 4.78 is 33.4. The largest absolute Gasteiger partial charge is 0.480 e. The van der Waals surface area contributed by atoms with Gasteiger partial charge in [-0.3, -0.25) is 14.4 Å². The van der Waals surface area contributed by atoms with Gasteiger partial charge >= 0.3 is 6.04 Å². The van der Waals surface area contributed by atoms with Gasteiger partial charge in [0.2, 0.25) is 10.0 Å². The molecule has 0 bridgehead atoms. The number of nitrogens with zero attached hydrogens (tertiary/aromatic N) is 2. The predicted octanol–water partition coefficient (Wildman–Crippen LogP) is 9.43. The molecule has 0 saturated heterocycles. The number of ether oxygens (including phenoxy) is 1. The van der Waals surface area contributed by atoms with Crippen LogP contribution in [0.4, 0.5) is 11.4 Å². The molecule has 0 fully saturated rings. The van der Waals surface area contributed by atoms with Crippen LogP contribution in [0.2, 0.25) is 0 Å². The number of rotatable bonds is 16. The van der Waals surface area contributed by atoms with Gasteiger partial charge in [-0.05, 0) is 71.7 Å². The number of benzene rings is 3. The second kappa shape index (κ2) is 15.7. The Kier molecular flexibility index (Phi) is 12.5. The Morgan fingerprint density at radius 1 is 0.979 bits per heavy atom. The molecule has 3 rings (SSSR count). The number of carbonyl (C=O) groups excluding carboxylic acids is 1. The number of nitriles is 1. The van der Waals surface area contributed by atoms with E-state index in [-0.39, 0.29) is 22.4 Å². The van der Waals surface area contributed by atoms with E-state index >= 15 is 0 Å². The van der Waals surface area contributed by atoms with E-state index in [1.54, 1.807) is 24.3 Å². The van der Waals surface area contributed by atoms with Gasteiger partial charge in [-0.15, -0.1) is 0 Å². The average molecular weight is 659 g/mol. The molecule has 3 aromatic rings. The lowest BCUT2D eigenvalue weighted by Crippen LogP contribution is -2.34. The van der Waals surface area contributed by atoms with E-state index in [2.05, 4.69) is 75.5 Å². The lowest BCUT2D eigenvalue weighted by molar-refractivity contribution is -0.123. The summed E-state index contributed by atoms with van der Waals surface area (Å²) in [4.78, 5) is 17.6. The van der Waals surface area contributed by atoms with Crippen LogP contribution in [-0.2, 0) is 25.6 Å². The van der Waals surface area contributed by atoms with Gasteiger partial charge < -0.3 is 10.1 Å². The van der Waals surface area contributed by atoms with Gasteiger partial charge in [0.05, 0.1) is 11.8 Å². The van der Waals surface area contributed by atoms with Gasteiger partial charge in [-0.2, -0.15) is 5.26 Å². The van der Waals surface area contributed by atoms with Crippen molar-refractivity contribution < 1.29 is 17.9 Å². The normalized spacial score (nSPS) is 13.3. The zero-order chi connectivity index (χ0) is 35.0. The smallest absolute Gasteiger partial charge is 0.333 e. The van der Waals surface area contributed by atoms with Crippen LogP contribution in [0.1, 0.15) is 116 Å². The molecule has 0 heterocycles. The van der Waals surface area contributed by atoms with Crippen molar-refractivity contribution in [3.05, 3.63) is 76.6 Å². The van der Waals surface area contributed by atoms with Crippen molar-refractivity contribution in [3.63, 3.8) is 0 Å². The van der Waals surface area contributed by atoms with Gasteiger partial charge in [0.15, 0.2) is 12.2 Å². The third kappa shape index (κ3) is 9.49. The van der Waals surface area contributed by atoms with Crippen LogP contribution in [0.5, 0.6) is 5.75 Å². The number of carbonyl (C=O) groups is 1. The van der Waals surface area contributed by atoms with Crippen molar-refractivity contribution in [1.29, 1.82) is 5.26 Å². The van der Waals surface area contributed by atoms with Crippen LogP contribution >= 0.6 is 0 Å². The molecule has 0 aromatic heterocycles. The SMILES string of the molecule is [C-]#[N+]C(C#N)c1cc(NS(C)(=O)=O)cc2c(NC(=O)C(CCCCCC)Oc3ccc(C(C)(C)CC)cc3C(C)(C)CC)cccc12. The van der Waals surface area contributed by atoms with E-state index in [1.165, 1.54) is 11.6 Å². The van der Waals surface area contributed by atoms with Crippen LogP contribution in [0.25, 0.3) is 15.6 Å². The van der Waals surface area contributed by atoms with E-state index < -0.39 is 22.2 Å². The average Bonchev–Trinajstić information content (AvgIpc) is 3.02. The molecule has 0 aliphatic carbocycles. The number of sulfonamides is 1. The summed E-state index contributed by atoms with van der Waals surface area (Å²) in [5.74, 6) is 0.370. The Morgan fingerprint density at radius 3 is 2.28 bits per heavy atom. The molecule has 2 atom stereocenters. The fraction of sp³-hybridized carbons (Fsp3) is 0.500. The van der Waals surface area contributed by atoms with Crippen molar-refractivity contribution in [1.82, 2.24) is 0 Å². The second-order valence-corrected chi connectivity index (χ2v) is 15.4. The summed E-state index contributed by atoms with van der Waals surface area (Å²) >= 11 is 0. The van der Waals surface area contributed by atoms with E-state index in [0.717, 1.165) is 50.3 Å². The predicted molar refractivity (Wildman–Crippen MR) is 192 cm³/mol. The summed E-state index contributed by atoms with van der Waals surface area (Å²) in [6.45, 7) is 22.9. The first-order valence-corrected chi connectivity index (χ1v) is 18.4. The number of unbranched alkanes of at least 4 members (excludes halogenated alkanes) is 3. The molecule has 2 N–H and O–H groups in total. The maximum Gasteiger partial charge on any atom is 0.333 e. The number of amides is 1. The first kappa shape index (κ1) is 37.4. The monoisotopic (exact) mass is 658 g/mol. The first-order chi connectivity index (χ1) is 22.1. The number of hydrogen-bond acceptors (Lipinski definition) is 5. The molecule has 252 valence electrons. The Bertz CT molecular complexity index is 1750. The highest BCUT2D eigenvalue weighted by atomic mass is 32.2. The molecule has 0 aliphatic heterocycles. The topological polar surface area (TPSA) is 113 Å². The van der Waals surface area contributed by atoms with Crippen LogP contribution in [0.3, 0.4) is 0 Å². The zero-order valence-electron chi connectivity index (χ0n) is 29.2. The lowest BCUT2D eigenvalue weighted by Gasteiger charge is -2.31. The van der Waals surface area contributed by atoms with Crippen molar-refractivity contribution in [2.75, 3.05) is 16.3 Å². The molecule has 47 heavy (non-hydrogen) atoms. The maximum absolute atomic E-state index is 14.1. The molecule has 0 saturated carbocycles. The molecule has 2 unspecified atom stereocenters. The Morgan fingerprint density at radius 2 is 1.68 bits per heavy atom. The minimum atomic E-state index is -3.65. The molecule has 1 amide bonds. The molecule has 0 aliphatic rings. The van der Waals surface area contributed by atoms with E-state index in [0.29, 0.717) is 34.2 Å². The summed E-state index contributed by atoms with van der Waals surface area (Å²) in [5.41, 5.74) is 3.10. The molecule has 3 aromatic carbocycles. The Hall–Kier alpha value is -4.08. The summed E-state index contributed by atoms with van der Waals surface area (Å²) in [5, 5.41) is 13.8. The van der Waals surface area contributed by atoms with Gasteiger partial charge in [-0.25, -0.2) is 15.0 Å². The minimum absolute atomic E-state index is 0.0101. The molecule has 8 nitrogen and oxygen atoms in total. The second-order valence-electron chi connectivity index (χ2n) is 13.6. The maximum atomic E-state index is 14.1. The van der Waals surface area contributed by atoms with Crippen molar-refractivity contribution >= 4 is 38.1 Å². The van der Waals surface area contributed by atoms with Gasteiger partial charge in [0, 0.05) is 22.3 Å². The number of anilines is 2. The fourth-order valence-electron chi connectivity index (χ4n) is 5.53. The van der Waals surface area contributed by atoms with Crippen LogP contribution < -0.4 is 14.8 Å². The van der Waals surface area contributed by atoms with Crippen LogP contribution in [0, 0.1) is 17.9 Å². The van der Waals surface area contributed by atoms with Crippen LogP contribution in [0.15, 0.2) is 48.5 Å². The number of nitrogens with one attached hydrogen (secondary N) is 2. The first-order valence-electron chi connectivity index (χ1n) is 16.5. The number of hydrogen-bond donors (Lipinski definition) is 2. The van der Waals surface area contributed by atoms with Gasteiger partial charge in [0.1, 0.15) is 5.75 Å². The zero-order valence-corrected chi connectivity index (χ0v) is 30.0.